The Morgan fingerprint density at radius 2 is 1.89 bits per heavy atom. The predicted octanol–water partition coefficient (Wildman–Crippen LogP) is 1.68. The summed E-state index contributed by atoms with van der Waals surface area (Å²) in [6, 6.07) is 0. The molecule has 0 atom stereocenters. The molecule has 7 heteroatoms. The zero-order valence-electron chi connectivity index (χ0n) is 11.6. The van der Waals surface area contributed by atoms with Gasteiger partial charge in [-0.15, -0.1) is 5.10 Å². The summed E-state index contributed by atoms with van der Waals surface area (Å²) in [5.41, 5.74) is 0.426. The van der Waals surface area contributed by atoms with Crippen LogP contribution in [0.15, 0.2) is 4.42 Å². The summed E-state index contributed by atoms with van der Waals surface area (Å²) >= 11 is 0. The summed E-state index contributed by atoms with van der Waals surface area (Å²) in [7, 11) is 0. The van der Waals surface area contributed by atoms with Crippen LogP contribution in [-0.2, 0) is 10.3 Å². The zero-order chi connectivity index (χ0) is 14.4. The van der Waals surface area contributed by atoms with E-state index in [4.69, 9.17) is 4.42 Å². The second kappa shape index (κ2) is 4.18. The van der Waals surface area contributed by atoms with Gasteiger partial charge in [0.15, 0.2) is 11.4 Å². The minimum Gasteiger partial charge on any atom is -0.479 e. The molecule has 0 amide bonds. The molecule has 0 bridgehead atoms. The lowest BCUT2D eigenvalue weighted by molar-refractivity contribution is -0.146. The van der Waals surface area contributed by atoms with Gasteiger partial charge in [-0.25, -0.2) is 9.48 Å². The fourth-order valence-electron chi connectivity index (χ4n) is 1.93. The molecule has 2 rings (SSSR count). The average molecular weight is 264 g/mol. The molecule has 102 valence electrons. The molecule has 2 aromatic rings. The molecular formula is C12H16N4O3. The zero-order valence-corrected chi connectivity index (χ0v) is 11.6. The van der Waals surface area contributed by atoms with E-state index in [2.05, 4.69) is 15.5 Å². The van der Waals surface area contributed by atoms with Gasteiger partial charge in [0.25, 0.3) is 0 Å². The molecule has 0 spiro atoms. The van der Waals surface area contributed by atoms with Crippen molar-refractivity contribution in [2.45, 2.75) is 40.2 Å². The summed E-state index contributed by atoms with van der Waals surface area (Å²) in [6.07, 6.45) is 0. The number of tetrazole rings is 1. The van der Waals surface area contributed by atoms with Gasteiger partial charge >= 0.3 is 5.97 Å². The first-order valence-corrected chi connectivity index (χ1v) is 5.86. The molecule has 0 unspecified atom stereocenters. The van der Waals surface area contributed by atoms with Crippen molar-refractivity contribution in [3.8, 4) is 11.4 Å². The summed E-state index contributed by atoms with van der Waals surface area (Å²) in [5, 5.41) is 20.6. The Hall–Kier alpha value is -2.18. The van der Waals surface area contributed by atoms with Gasteiger partial charge in [0.05, 0.1) is 5.56 Å². The number of rotatable bonds is 3. The van der Waals surface area contributed by atoms with Crippen molar-refractivity contribution in [3.63, 3.8) is 0 Å². The molecule has 0 saturated heterocycles. The van der Waals surface area contributed by atoms with Crippen molar-refractivity contribution in [3.05, 3.63) is 17.1 Å². The van der Waals surface area contributed by atoms with Gasteiger partial charge in [-0.2, -0.15) is 0 Å². The van der Waals surface area contributed by atoms with Gasteiger partial charge in [-0.05, 0) is 45.0 Å². The molecule has 19 heavy (non-hydrogen) atoms. The van der Waals surface area contributed by atoms with E-state index >= 15 is 0 Å². The summed E-state index contributed by atoms with van der Waals surface area (Å²) < 4.78 is 6.85. The quantitative estimate of drug-likeness (QED) is 0.906. The Morgan fingerprint density at radius 1 is 1.26 bits per heavy atom. The average Bonchev–Trinajstić information content (AvgIpc) is 2.85. The van der Waals surface area contributed by atoms with E-state index in [0.717, 1.165) is 16.9 Å². The van der Waals surface area contributed by atoms with E-state index in [1.165, 1.54) is 4.68 Å². The lowest BCUT2D eigenvalue weighted by atomic mass is 10.0. The highest BCUT2D eigenvalue weighted by molar-refractivity contribution is 5.77. The van der Waals surface area contributed by atoms with Crippen molar-refractivity contribution in [2.75, 3.05) is 0 Å². The van der Waals surface area contributed by atoms with Crippen LogP contribution in [0.3, 0.4) is 0 Å². The number of carbonyl (C=O) groups is 1. The van der Waals surface area contributed by atoms with Crippen molar-refractivity contribution < 1.29 is 14.3 Å². The first-order chi connectivity index (χ1) is 8.76. The Balaban J connectivity index is 2.66. The number of nitrogens with zero attached hydrogens (tertiary/aromatic N) is 4. The highest BCUT2D eigenvalue weighted by atomic mass is 16.4. The van der Waals surface area contributed by atoms with Crippen LogP contribution in [0, 0.1) is 20.8 Å². The van der Waals surface area contributed by atoms with Crippen LogP contribution in [0.25, 0.3) is 11.4 Å². The molecule has 2 heterocycles. The number of carboxylic acid groups (broad SMARTS) is 1. The lowest BCUT2D eigenvalue weighted by Crippen LogP contribution is -2.37. The van der Waals surface area contributed by atoms with E-state index in [9.17, 15) is 9.90 Å². The summed E-state index contributed by atoms with van der Waals surface area (Å²) in [6.45, 7) is 8.65. The third-order valence-corrected chi connectivity index (χ3v) is 3.31. The van der Waals surface area contributed by atoms with Crippen molar-refractivity contribution in [1.29, 1.82) is 0 Å². The maximum atomic E-state index is 11.3. The molecule has 0 aromatic carbocycles. The highest BCUT2D eigenvalue weighted by Crippen LogP contribution is 2.31. The second-order valence-corrected chi connectivity index (χ2v) is 4.99. The number of aliphatic carboxylic acids is 1. The van der Waals surface area contributed by atoms with Crippen LogP contribution in [0.4, 0.5) is 0 Å². The Labute approximate surface area is 110 Å². The van der Waals surface area contributed by atoms with Crippen molar-refractivity contribution in [2.24, 2.45) is 0 Å². The molecular weight excluding hydrogens is 248 g/mol. The second-order valence-electron chi connectivity index (χ2n) is 4.99. The molecule has 0 radical (unpaired) electrons. The van der Waals surface area contributed by atoms with Crippen LogP contribution < -0.4 is 0 Å². The monoisotopic (exact) mass is 264 g/mol. The van der Waals surface area contributed by atoms with Crippen LogP contribution in [-0.4, -0.2) is 31.3 Å². The van der Waals surface area contributed by atoms with Crippen molar-refractivity contribution in [1.82, 2.24) is 20.2 Å². The van der Waals surface area contributed by atoms with E-state index in [1.54, 1.807) is 13.8 Å². The van der Waals surface area contributed by atoms with Crippen LogP contribution >= 0.6 is 0 Å². The first-order valence-electron chi connectivity index (χ1n) is 5.86. The minimum atomic E-state index is -1.23. The fourth-order valence-corrected chi connectivity index (χ4v) is 1.93. The van der Waals surface area contributed by atoms with Crippen LogP contribution in [0.2, 0.25) is 0 Å². The van der Waals surface area contributed by atoms with Gasteiger partial charge in [-0.3, -0.25) is 0 Å². The van der Waals surface area contributed by atoms with E-state index in [1.807, 2.05) is 20.8 Å². The molecule has 0 aliphatic heterocycles. The maximum Gasteiger partial charge on any atom is 0.331 e. The van der Waals surface area contributed by atoms with Gasteiger partial charge in [-0.1, -0.05) is 0 Å². The van der Waals surface area contributed by atoms with Gasteiger partial charge in [0.1, 0.15) is 11.5 Å². The normalized spacial score (nSPS) is 11.8. The van der Waals surface area contributed by atoms with Crippen LogP contribution in [0.5, 0.6) is 0 Å². The van der Waals surface area contributed by atoms with E-state index in [0.29, 0.717) is 11.6 Å². The van der Waals surface area contributed by atoms with E-state index < -0.39 is 11.5 Å². The molecule has 0 aliphatic carbocycles. The Morgan fingerprint density at radius 3 is 2.37 bits per heavy atom. The molecule has 0 saturated carbocycles. The number of aryl methyl sites for hydroxylation is 2. The standard InChI is InChI=1S/C12H16N4O3/c1-6-7(2)19-8(3)9(6)10-13-14-15-16(10)12(4,5)11(17)18/h1-5H3,(H,17,18). The molecule has 0 fully saturated rings. The fraction of sp³-hybridized carbons (Fsp3) is 0.500. The van der Waals surface area contributed by atoms with Crippen molar-refractivity contribution >= 4 is 5.97 Å². The Kier molecular flexibility index (Phi) is 2.92. The number of hydrogen-bond donors (Lipinski definition) is 1. The topological polar surface area (TPSA) is 94.0 Å². The van der Waals surface area contributed by atoms with E-state index in [-0.39, 0.29) is 0 Å². The maximum absolute atomic E-state index is 11.3. The van der Waals surface area contributed by atoms with Gasteiger partial charge in [0, 0.05) is 5.56 Å². The summed E-state index contributed by atoms with van der Waals surface area (Å²) in [4.78, 5) is 11.3. The number of aromatic nitrogens is 4. The molecule has 2 aromatic heterocycles. The third-order valence-electron chi connectivity index (χ3n) is 3.31. The SMILES string of the molecule is Cc1oc(C)c(-c2nnnn2C(C)(C)C(=O)O)c1C. The molecule has 0 aliphatic rings. The Bertz CT molecular complexity index is 639. The summed E-state index contributed by atoms with van der Waals surface area (Å²) in [5.74, 6) is 0.846. The smallest absolute Gasteiger partial charge is 0.331 e. The number of furan rings is 1. The van der Waals surface area contributed by atoms with Gasteiger partial charge < -0.3 is 9.52 Å². The molecule has 7 nitrogen and oxygen atoms in total. The largest absolute Gasteiger partial charge is 0.479 e. The first kappa shape index (κ1) is 13.3. The number of hydrogen-bond acceptors (Lipinski definition) is 5. The number of carboxylic acids is 1. The van der Waals surface area contributed by atoms with Crippen LogP contribution in [0.1, 0.15) is 30.9 Å². The lowest BCUT2D eigenvalue weighted by Gasteiger charge is -2.20. The van der Waals surface area contributed by atoms with Gasteiger partial charge in [0.2, 0.25) is 0 Å². The third kappa shape index (κ3) is 1.91. The molecule has 1 N–H and O–H groups in total. The predicted molar refractivity (Wildman–Crippen MR) is 66.7 cm³/mol. The minimum absolute atomic E-state index is 0.402. The highest BCUT2D eigenvalue weighted by Gasteiger charge is 2.35.